The number of nitrogens with zero attached hydrogens (tertiary/aromatic N) is 7. The van der Waals surface area contributed by atoms with Gasteiger partial charge in [-0.1, -0.05) is 190 Å². The number of H-pyrrole nitrogens is 7. The number of nitrogens with one attached hydrogen (secondary N) is 7. The lowest BCUT2D eigenvalue weighted by Crippen LogP contribution is -2.13. The summed E-state index contributed by atoms with van der Waals surface area (Å²) in [6.45, 7) is 51.7. The molecule has 16 nitrogen and oxygen atoms in total. The molecular weight excluding hydrogens is 1230 g/mol. The fraction of sp³-hybridized carbons (Fsp3) is 0.446. The molecular formula is C74H96BrClN14O2. The standard InChI is InChI=1S/C10H14N2.C10H13N.C10H12O.C9H11BrN2.C9H11ClN2.C9H12N2O.C9H12N2.C8H11N3/c1-6-8-7(2)11-9(12-8)10(3,4)5;1-5-8-6-9(11-7-8)10(2,3)4;1-5-8-6-7-9(11-8)10(2,3)4;2*1-5-6-7(10)12-8(11-6)9(2,3)4;1-5-6-7(12)11-8(10-6)9(2,3)4;1-5-7-6-10-8(11-7)9(2,3)4;1-5-6-9-7(11-10-6)8(2,3)4/h1H,2-5H3,(H,11,12);1,6-7,11H,2-4H3;1,6-7H,2-4H3;2*1H,2-4H3,(H,11,12);1,12H,2-4H3,(H,10,11);1,6H,2-4H3,(H,10,11);1H,2-4H3,(H,9,10,11). The van der Waals surface area contributed by atoms with Crippen molar-refractivity contribution in [2.75, 3.05) is 0 Å². The third-order valence-corrected chi connectivity index (χ3v) is 13.0. The average molecular weight is 1330 g/mol. The Morgan fingerprint density at radius 2 is 0.978 bits per heavy atom. The molecule has 8 aromatic rings. The number of aromatic amines is 7. The van der Waals surface area contributed by atoms with Gasteiger partial charge in [-0.2, -0.15) is 10.1 Å². The number of aromatic nitrogens is 14. The van der Waals surface area contributed by atoms with Crippen LogP contribution in [0.2, 0.25) is 5.15 Å². The molecule has 0 aliphatic rings. The van der Waals surface area contributed by atoms with Crippen LogP contribution in [0.3, 0.4) is 0 Å². The summed E-state index contributed by atoms with van der Waals surface area (Å²) >= 11 is 9.05. The molecule has 8 N–H and O–H groups in total. The van der Waals surface area contributed by atoms with E-state index in [-0.39, 0.29) is 49.2 Å². The molecule has 0 unspecified atom stereocenters. The summed E-state index contributed by atoms with van der Waals surface area (Å²) in [7, 11) is 0. The van der Waals surface area contributed by atoms with Crippen LogP contribution in [0.25, 0.3) is 0 Å². The van der Waals surface area contributed by atoms with Crippen molar-refractivity contribution < 1.29 is 9.52 Å². The van der Waals surface area contributed by atoms with Crippen molar-refractivity contribution in [1.29, 1.82) is 0 Å². The minimum Gasteiger partial charge on any atom is -0.491 e. The Bertz CT molecular complexity index is 3480. The second-order valence-electron chi connectivity index (χ2n) is 29.1. The number of hydrogen-bond donors (Lipinski definition) is 8. The summed E-state index contributed by atoms with van der Waals surface area (Å²) in [5.41, 5.74) is 6.28. The topological polar surface area (TPSA) is 234 Å². The number of terminal acetylenes is 8. The van der Waals surface area contributed by atoms with Gasteiger partial charge < -0.3 is 39.4 Å². The summed E-state index contributed by atoms with van der Waals surface area (Å²) in [5, 5.41) is 16.2. The van der Waals surface area contributed by atoms with Gasteiger partial charge in [0.05, 0.1) is 6.20 Å². The van der Waals surface area contributed by atoms with E-state index in [0.29, 0.717) is 39.6 Å². The molecule has 488 valence electrons. The van der Waals surface area contributed by atoms with Gasteiger partial charge in [-0.25, -0.2) is 24.9 Å². The molecule has 0 aliphatic carbocycles. The molecule has 0 atom stereocenters. The summed E-state index contributed by atoms with van der Waals surface area (Å²) in [5.74, 6) is 26.8. The quantitative estimate of drug-likeness (QED) is 0.0674. The van der Waals surface area contributed by atoms with Gasteiger partial charge in [0, 0.05) is 66.5 Å². The molecule has 0 saturated heterocycles. The molecule has 0 saturated carbocycles. The highest BCUT2D eigenvalue weighted by Gasteiger charge is 2.24. The number of hydrogen-bond acceptors (Lipinski definition) is 9. The van der Waals surface area contributed by atoms with Crippen LogP contribution in [-0.2, 0) is 43.3 Å². The zero-order valence-corrected chi connectivity index (χ0v) is 61.1. The minimum atomic E-state index is -0.118. The van der Waals surface area contributed by atoms with Crippen molar-refractivity contribution in [2.45, 2.75) is 216 Å². The third-order valence-electron chi connectivity index (χ3n) is 12.2. The fourth-order valence-electron chi connectivity index (χ4n) is 6.55. The zero-order valence-electron chi connectivity index (χ0n) is 58.7. The van der Waals surface area contributed by atoms with Gasteiger partial charge in [0.1, 0.15) is 62.3 Å². The largest absolute Gasteiger partial charge is 0.491 e. The highest BCUT2D eigenvalue weighted by molar-refractivity contribution is 9.10. The Labute approximate surface area is 562 Å². The second-order valence-corrected chi connectivity index (χ2v) is 30.2. The Kier molecular flexibility index (Phi) is 29.2. The number of aromatic hydroxyl groups is 1. The molecule has 0 bridgehead atoms. The van der Waals surface area contributed by atoms with E-state index < -0.39 is 0 Å². The Hall–Kier alpha value is -9.20. The van der Waals surface area contributed by atoms with Gasteiger partial charge in [0.25, 0.3) is 0 Å². The van der Waals surface area contributed by atoms with Crippen molar-refractivity contribution in [3.05, 3.63) is 138 Å². The first-order valence-corrected chi connectivity index (χ1v) is 30.5. The lowest BCUT2D eigenvalue weighted by molar-refractivity contribution is 0.404. The third kappa shape index (κ3) is 26.7. The summed E-state index contributed by atoms with van der Waals surface area (Å²) in [6, 6.07) is 5.76. The van der Waals surface area contributed by atoms with Crippen LogP contribution >= 0.6 is 27.5 Å². The zero-order chi connectivity index (χ0) is 71.3. The number of furan rings is 1. The highest BCUT2D eigenvalue weighted by Crippen LogP contribution is 2.28. The van der Waals surface area contributed by atoms with Crippen LogP contribution in [0.4, 0.5) is 0 Å². The molecule has 92 heavy (non-hydrogen) atoms. The SMILES string of the molecule is C#Cc1[nH]c(C(C)(C)C)nc1Br.C#Cc1[nH]c(C(C)(C)C)nc1Cl.C#Cc1[nH]c(C(C)(C)C)nc1O.C#Cc1c[nH]c(C(C)(C)C)c1.C#Cc1ccc(C(C)(C)C)o1.C#Cc1cnc(C(C)(C)C)[nH]1.C#Cc1nc(C(C)(C)C)[nH]c1C.C#Cc1nc(C(C)(C)C)n[nH]1. The lowest BCUT2D eigenvalue weighted by atomic mass is 9.92. The summed E-state index contributed by atoms with van der Waals surface area (Å²) < 4.78 is 6.08. The molecule has 0 fully saturated rings. The van der Waals surface area contributed by atoms with Gasteiger partial charge in [-0.3, -0.25) is 5.10 Å². The van der Waals surface area contributed by atoms with Crippen LogP contribution in [0.1, 0.15) is 264 Å². The molecule has 0 aliphatic heterocycles. The number of rotatable bonds is 0. The van der Waals surface area contributed by atoms with Crippen molar-refractivity contribution >= 4 is 27.5 Å². The van der Waals surface area contributed by atoms with Crippen molar-refractivity contribution in [3.63, 3.8) is 0 Å². The van der Waals surface area contributed by atoms with Crippen molar-refractivity contribution in [3.8, 4) is 105 Å². The van der Waals surface area contributed by atoms with Gasteiger partial charge >= 0.3 is 0 Å². The van der Waals surface area contributed by atoms with Crippen LogP contribution in [-0.4, -0.2) is 75.1 Å². The first kappa shape index (κ1) is 80.8. The van der Waals surface area contributed by atoms with E-state index in [0.717, 1.165) is 62.1 Å². The molecule has 8 heterocycles. The Morgan fingerprint density at radius 1 is 0.489 bits per heavy atom. The smallest absolute Gasteiger partial charge is 0.246 e. The normalized spacial score (nSPS) is 11.2. The molecule has 0 spiro atoms. The molecule has 8 rings (SSSR count). The van der Waals surface area contributed by atoms with Crippen LogP contribution in [0.15, 0.2) is 39.6 Å². The lowest BCUT2D eigenvalue weighted by Gasteiger charge is -2.15. The summed E-state index contributed by atoms with van der Waals surface area (Å²) in [4.78, 5) is 43.2. The van der Waals surface area contributed by atoms with E-state index >= 15 is 0 Å². The van der Waals surface area contributed by atoms with E-state index in [1.54, 1.807) is 6.20 Å². The second kappa shape index (κ2) is 33.2. The van der Waals surface area contributed by atoms with Crippen LogP contribution in [0.5, 0.6) is 5.88 Å². The molecule has 18 heteroatoms. The minimum absolute atomic E-state index is 0.0115. The predicted octanol–water partition coefficient (Wildman–Crippen LogP) is 15.8. The van der Waals surface area contributed by atoms with Gasteiger partial charge in [0.2, 0.25) is 11.7 Å². The monoisotopic (exact) mass is 1330 g/mol. The number of imidazole rings is 5. The molecule has 8 aromatic heterocycles. The number of halogens is 2. The summed E-state index contributed by atoms with van der Waals surface area (Å²) in [6.07, 6.45) is 45.1. The fourth-order valence-corrected chi connectivity index (χ4v) is 7.13. The number of aryl methyl sites for hydroxylation is 1. The molecule has 0 radical (unpaired) electrons. The maximum Gasteiger partial charge on any atom is 0.246 e. The van der Waals surface area contributed by atoms with E-state index in [2.05, 4.69) is 237 Å². The van der Waals surface area contributed by atoms with Crippen molar-refractivity contribution in [1.82, 2.24) is 70.0 Å². The highest BCUT2D eigenvalue weighted by atomic mass is 79.9. The first-order chi connectivity index (χ1) is 41.9. The van der Waals surface area contributed by atoms with E-state index in [9.17, 15) is 5.11 Å². The van der Waals surface area contributed by atoms with Crippen molar-refractivity contribution in [2.24, 2.45) is 0 Å². The van der Waals surface area contributed by atoms with E-state index in [1.807, 2.05) is 93.6 Å². The first-order valence-electron chi connectivity index (χ1n) is 29.3. The Morgan fingerprint density at radius 3 is 1.24 bits per heavy atom. The van der Waals surface area contributed by atoms with Crippen LogP contribution < -0.4 is 0 Å². The predicted molar refractivity (Wildman–Crippen MR) is 381 cm³/mol. The maximum absolute atomic E-state index is 9.21. The maximum atomic E-state index is 9.21. The molecule has 0 aromatic carbocycles. The van der Waals surface area contributed by atoms with E-state index in [4.69, 9.17) is 67.4 Å². The Balaban J connectivity index is 0.000000526. The van der Waals surface area contributed by atoms with Gasteiger partial charge in [0.15, 0.2) is 22.4 Å². The average Bonchev–Trinajstić information content (AvgIpc) is 1.77. The molecule has 0 amide bonds. The van der Waals surface area contributed by atoms with Crippen LogP contribution in [0, 0.1) is 106 Å². The van der Waals surface area contributed by atoms with Gasteiger partial charge in [-0.15, -0.1) is 51.4 Å². The van der Waals surface area contributed by atoms with Gasteiger partial charge in [-0.05, 0) is 76.6 Å². The van der Waals surface area contributed by atoms with E-state index in [1.165, 1.54) is 5.69 Å².